The summed E-state index contributed by atoms with van der Waals surface area (Å²) in [6.45, 7) is 2.95. The lowest BCUT2D eigenvalue weighted by Gasteiger charge is -2.08. The van der Waals surface area contributed by atoms with Crippen LogP contribution in [-0.4, -0.2) is 19.2 Å². The molecule has 0 spiro atoms. The zero-order valence-corrected chi connectivity index (χ0v) is 11.6. The Morgan fingerprint density at radius 2 is 1.95 bits per heavy atom. The van der Waals surface area contributed by atoms with Crippen molar-refractivity contribution < 1.29 is 14.3 Å². The van der Waals surface area contributed by atoms with E-state index in [1.807, 2.05) is 12.1 Å². The van der Waals surface area contributed by atoms with Gasteiger partial charge in [-0.25, -0.2) is 0 Å². The van der Waals surface area contributed by atoms with Gasteiger partial charge in [0.2, 0.25) is 0 Å². The highest BCUT2D eigenvalue weighted by molar-refractivity contribution is 5.69. The Bertz CT molecular complexity index is 379. The van der Waals surface area contributed by atoms with Gasteiger partial charge >= 0.3 is 5.97 Å². The third kappa shape index (κ3) is 6.70. The van der Waals surface area contributed by atoms with Crippen molar-refractivity contribution in [2.24, 2.45) is 0 Å². The molecule has 0 heterocycles. The van der Waals surface area contributed by atoms with Crippen LogP contribution in [0.4, 0.5) is 5.69 Å². The van der Waals surface area contributed by atoms with Crippen molar-refractivity contribution in [3.05, 3.63) is 24.3 Å². The number of unbranched alkanes of at least 4 members (excludes halogenated alkanes) is 3. The lowest BCUT2D eigenvalue weighted by atomic mass is 10.2. The average Bonchev–Trinajstić information content (AvgIpc) is 2.41. The number of rotatable bonds is 9. The van der Waals surface area contributed by atoms with E-state index in [-0.39, 0.29) is 12.4 Å². The minimum absolute atomic E-state index is 0.217. The molecule has 4 heteroatoms. The largest absolute Gasteiger partial charge is 0.491 e. The second-order valence-electron chi connectivity index (χ2n) is 4.42. The summed E-state index contributed by atoms with van der Waals surface area (Å²) in [7, 11) is 0. The molecule has 0 aliphatic heterocycles. The predicted octanol–water partition coefficient (Wildman–Crippen LogP) is 3.16. The fraction of sp³-hybridized carbons (Fsp3) is 0.533. The molecular formula is C15H23NO3. The van der Waals surface area contributed by atoms with Gasteiger partial charge in [-0.2, -0.15) is 0 Å². The Morgan fingerprint density at radius 3 is 2.68 bits per heavy atom. The number of nitrogen functional groups attached to an aromatic ring is 1. The Kier molecular flexibility index (Phi) is 7.47. The van der Waals surface area contributed by atoms with E-state index in [0.29, 0.717) is 24.7 Å². The van der Waals surface area contributed by atoms with Gasteiger partial charge in [0.15, 0.2) is 0 Å². The molecule has 2 N–H and O–H groups in total. The molecule has 19 heavy (non-hydrogen) atoms. The van der Waals surface area contributed by atoms with Crippen LogP contribution in [0.25, 0.3) is 0 Å². The minimum atomic E-state index is -0.217. The molecule has 1 aromatic rings. The van der Waals surface area contributed by atoms with Crippen LogP contribution in [0.15, 0.2) is 24.3 Å². The van der Waals surface area contributed by atoms with E-state index >= 15 is 0 Å². The van der Waals surface area contributed by atoms with Crippen LogP contribution >= 0.6 is 0 Å². The predicted molar refractivity (Wildman–Crippen MR) is 76.1 cm³/mol. The summed E-state index contributed by atoms with van der Waals surface area (Å²) in [6, 6.07) is 7.23. The fourth-order valence-corrected chi connectivity index (χ4v) is 1.64. The number of nitrogens with two attached hydrogens (primary N) is 1. The first-order chi connectivity index (χ1) is 9.24. The molecule has 0 atom stereocenters. The normalized spacial score (nSPS) is 10.2. The highest BCUT2D eigenvalue weighted by atomic mass is 16.5. The standard InChI is InChI=1S/C15H23NO3/c1-2-3-4-7-11-19-15(17)10-12-18-14-9-6-5-8-13(14)16/h5-6,8-9H,2-4,7,10-12,16H2,1H3. The molecule has 0 amide bonds. The van der Waals surface area contributed by atoms with E-state index in [1.165, 1.54) is 12.8 Å². The number of carbonyl (C=O) groups is 1. The van der Waals surface area contributed by atoms with Crippen LogP contribution in [-0.2, 0) is 9.53 Å². The van der Waals surface area contributed by atoms with Crippen molar-refractivity contribution in [1.29, 1.82) is 0 Å². The van der Waals surface area contributed by atoms with E-state index in [4.69, 9.17) is 15.2 Å². The third-order valence-corrected chi connectivity index (χ3v) is 2.74. The third-order valence-electron chi connectivity index (χ3n) is 2.74. The van der Waals surface area contributed by atoms with Gasteiger partial charge in [-0.1, -0.05) is 38.3 Å². The number of hydrogen-bond acceptors (Lipinski definition) is 4. The summed E-state index contributed by atoms with van der Waals surface area (Å²) < 4.78 is 10.5. The van der Waals surface area contributed by atoms with Gasteiger partial charge in [0, 0.05) is 0 Å². The summed E-state index contributed by atoms with van der Waals surface area (Å²) >= 11 is 0. The van der Waals surface area contributed by atoms with Crippen LogP contribution < -0.4 is 10.5 Å². The minimum Gasteiger partial charge on any atom is -0.491 e. The highest BCUT2D eigenvalue weighted by Crippen LogP contribution is 2.19. The number of esters is 1. The molecule has 0 saturated carbocycles. The van der Waals surface area contributed by atoms with Crippen LogP contribution in [0.1, 0.15) is 39.0 Å². The van der Waals surface area contributed by atoms with Crippen LogP contribution in [0.5, 0.6) is 5.75 Å². The monoisotopic (exact) mass is 265 g/mol. The maximum Gasteiger partial charge on any atom is 0.309 e. The number of hydrogen-bond donors (Lipinski definition) is 1. The van der Waals surface area contributed by atoms with Crippen molar-refractivity contribution in [1.82, 2.24) is 0 Å². The van der Waals surface area contributed by atoms with Crippen LogP contribution in [0.3, 0.4) is 0 Å². The van der Waals surface area contributed by atoms with E-state index in [0.717, 1.165) is 12.8 Å². The van der Waals surface area contributed by atoms with Crippen molar-refractivity contribution in [3.63, 3.8) is 0 Å². The van der Waals surface area contributed by atoms with E-state index in [2.05, 4.69) is 6.92 Å². The molecule has 1 rings (SSSR count). The molecule has 0 aromatic heterocycles. The lowest BCUT2D eigenvalue weighted by Crippen LogP contribution is -2.11. The summed E-state index contributed by atoms with van der Waals surface area (Å²) in [5, 5.41) is 0. The Balaban J connectivity index is 2.09. The smallest absolute Gasteiger partial charge is 0.309 e. The van der Waals surface area contributed by atoms with Crippen molar-refractivity contribution in [2.45, 2.75) is 39.0 Å². The molecule has 0 radical (unpaired) electrons. The molecule has 0 bridgehead atoms. The summed E-state index contributed by atoms with van der Waals surface area (Å²) in [5.41, 5.74) is 6.30. The Hall–Kier alpha value is -1.71. The van der Waals surface area contributed by atoms with E-state index < -0.39 is 0 Å². The van der Waals surface area contributed by atoms with Gasteiger partial charge in [0.05, 0.1) is 25.3 Å². The van der Waals surface area contributed by atoms with Gasteiger partial charge in [0.25, 0.3) is 0 Å². The second-order valence-corrected chi connectivity index (χ2v) is 4.42. The zero-order valence-electron chi connectivity index (χ0n) is 11.6. The number of para-hydroxylation sites is 2. The zero-order chi connectivity index (χ0) is 13.9. The van der Waals surface area contributed by atoms with Gasteiger partial charge in [0.1, 0.15) is 5.75 Å². The maximum atomic E-state index is 11.4. The molecule has 0 unspecified atom stereocenters. The number of carbonyl (C=O) groups excluding carboxylic acids is 1. The quantitative estimate of drug-likeness (QED) is 0.423. The second kappa shape index (κ2) is 9.25. The lowest BCUT2D eigenvalue weighted by molar-refractivity contribution is -0.144. The maximum absolute atomic E-state index is 11.4. The first kappa shape index (κ1) is 15.3. The molecule has 106 valence electrons. The molecular weight excluding hydrogens is 242 g/mol. The van der Waals surface area contributed by atoms with Crippen LogP contribution in [0, 0.1) is 0 Å². The van der Waals surface area contributed by atoms with Crippen LogP contribution in [0.2, 0.25) is 0 Å². The fourth-order valence-electron chi connectivity index (χ4n) is 1.64. The average molecular weight is 265 g/mol. The first-order valence-electron chi connectivity index (χ1n) is 6.87. The molecule has 0 fully saturated rings. The highest BCUT2D eigenvalue weighted by Gasteiger charge is 2.04. The van der Waals surface area contributed by atoms with E-state index in [9.17, 15) is 4.79 Å². The summed E-state index contributed by atoms with van der Waals surface area (Å²) in [4.78, 5) is 11.4. The number of anilines is 1. The van der Waals surface area contributed by atoms with E-state index in [1.54, 1.807) is 12.1 Å². The topological polar surface area (TPSA) is 61.5 Å². The Morgan fingerprint density at radius 1 is 1.16 bits per heavy atom. The number of ether oxygens (including phenoxy) is 2. The van der Waals surface area contributed by atoms with Crippen molar-refractivity contribution >= 4 is 11.7 Å². The summed E-state index contributed by atoms with van der Waals surface area (Å²) in [5.74, 6) is 0.393. The molecule has 4 nitrogen and oxygen atoms in total. The van der Waals surface area contributed by atoms with Crippen molar-refractivity contribution in [3.8, 4) is 5.75 Å². The number of benzene rings is 1. The van der Waals surface area contributed by atoms with Gasteiger partial charge in [-0.15, -0.1) is 0 Å². The summed E-state index contributed by atoms with van der Waals surface area (Å²) in [6.07, 6.45) is 4.67. The van der Waals surface area contributed by atoms with Gasteiger partial charge in [-0.05, 0) is 18.6 Å². The SMILES string of the molecule is CCCCCCOC(=O)CCOc1ccccc1N. The molecule has 0 aliphatic rings. The Labute approximate surface area is 114 Å². The van der Waals surface area contributed by atoms with Crippen molar-refractivity contribution in [2.75, 3.05) is 18.9 Å². The first-order valence-corrected chi connectivity index (χ1v) is 6.87. The molecule has 0 aliphatic carbocycles. The molecule has 0 saturated heterocycles. The van der Waals surface area contributed by atoms with Gasteiger partial charge < -0.3 is 15.2 Å². The van der Waals surface area contributed by atoms with Gasteiger partial charge in [-0.3, -0.25) is 4.79 Å². The molecule has 1 aromatic carbocycles.